The van der Waals surface area contributed by atoms with Crippen LogP contribution in [0, 0.1) is 31.0 Å². The minimum Gasteiger partial charge on any atom is -0.334 e. The van der Waals surface area contributed by atoms with Gasteiger partial charge < -0.3 is 5.32 Å². The van der Waals surface area contributed by atoms with E-state index in [0.717, 1.165) is 5.56 Å². The van der Waals surface area contributed by atoms with Crippen molar-refractivity contribution in [3.63, 3.8) is 0 Å². The topological polar surface area (TPSA) is 61.6 Å². The van der Waals surface area contributed by atoms with E-state index in [0.29, 0.717) is 15.7 Å². The van der Waals surface area contributed by atoms with E-state index in [4.69, 9.17) is 0 Å². The fraction of sp³-hybridized carbons (Fsp3) is 0.154. The van der Waals surface area contributed by atoms with Gasteiger partial charge in [-0.3, -0.25) is 0 Å². The van der Waals surface area contributed by atoms with E-state index in [2.05, 4.69) is 37.5 Å². The molecule has 1 N–H and O–H groups in total. The van der Waals surface area contributed by atoms with Crippen molar-refractivity contribution in [3.8, 4) is 6.07 Å². The first-order valence-electron chi connectivity index (χ1n) is 5.49. The number of rotatable bonds is 2. The van der Waals surface area contributed by atoms with E-state index in [1.165, 1.54) is 6.07 Å². The summed E-state index contributed by atoms with van der Waals surface area (Å²) in [6.07, 6.45) is 0. The first-order valence-corrected chi connectivity index (χ1v) is 6.29. The number of hydrogen-bond donors (Lipinski definition) is 1. The molecular formula is C13H10BrFN4. The first kappa shape index (κ1) is 13.4. The van der Waals surface area contributed by atoms with Gasteiger partial charge >= 0.3 is 0 Å². The molecule has 6 heteroatoms. The van der Waals surface area contributed by atoms with Gasteiger partial charge in [0.2, 0.25) is 0 Å². The maximum absolute atomic E-state index is 13.7. The van der Waals surface area contributed by atoms with E-state index in [1.54, 1.807) is 26.0 Å². The van der Waals surface area contributed by atoms with Crippen LogP contribution in [0.15, 0.2) is 22.7 Å². The Morgan fingerprint density at radius 1 is 1.32 bits per heavy atom. The van der Waals surface area contributed by atoms with Crippen LogP contribution in [-0.2, 0) is 0 Å². The van der Waals surface area contributed by atoms with Crippen molar-refractivity contribution in [1.29, 1.82) is 5.26 Å². The summed E-state index contributed by atoms with van der Waals surface area (Å²) in [5.74, 6) is -0.185. The highest BCUT2D eigenvalue weighted by Crippen LogP contribution is 2.29. The van der Waals surface area contributed by atoms with Crippen molar-refractivity contribution < 1.29 is 4.39 Å². The summed E-state index contributed by atoms with van der Waals surface area (Å²) >= 11 is 3.25. The van der Waals surface area contributed by atoms with E-state index in [-0.39, 0.29) is 11.5 Å². The third-order valence-corrected chi connectivity index (χ3v) is 3.43. The van der Waals surface area contributed by atoms with Crippen molar-refractivity contribution in [1.82, 2.24) is 10.2 Å². The largest absolute Gasteiger partial charge is 0.334 e. The molecule has 0 saturated carbocycles. The van der Waals surface area contributed by atoms with Crippen molar-refractivity contribution in [2.45, 2.75) is 13.8 Å². The fourth-order valence-corrected chi connectivity index (χ4v) is 2.01. The summed E-state index contributed by atoms with van der Waals surface area (Å²) in [5.41, 5.74) is 2.00. The molecule has 2 aromatic rings. The minimum absolute atomic E-state index is 0.233. The van der Waals surface area contributed by atoms with Crippen LogP contribution in [0.2, 0.25) is 0 Å². The summed E-state index contributed by atoms with van der Waals surface area (Å²) in [4.78, 5) is 0. The lowest BCUT2D eigenvalue weighted by Crippen LogP contribution is -2.05. The number of halogens is 2. The molecular weight excluding hydrogens is 311 g/mol. The molecule has 1 aromatic heterocycles. The third kappa shape index (κ3) is 2.56. The Balaban J connectivity index is 2.51. The molecule has 0 bridgehead atoms. The molecule has 0 aliphatic rings. The van der Waals surface area contributed by atoms with Crippen LogP contribution < -0.4 is 5.32 Å². The number of aromatic nitrogens is 2. The average Bonchev–Trinajstić information content (AvgIpc) is 2.38. The third-order valence-electron chi connectivity index (χ3n) is 2.77. The van der Waals surface area contributed by atoms with Crippen LogP contribution >= 0.6 is 15.9 Å². The standard InChI is InChI=1S/C13H10BrFN4/c1-7-8(2)18-19-13(9(7)6-16)17-12-10(14)4-3-5-11(12)15/h3-5H,1-2H3,(H,17,19). The fourth-order valence-electron chi connectivity index (χ4n) is 1.57. The van der Waals surface area contributed by atoms with Crippen LogP contribution in [0.3, 0.4) is 0 Å². The maximum Gasteiger partial charge on any atom is 0.171 e. The molecule has 0 spiro atoms. The number of hydrogen-bond acceptors (Lipinski definition) is 4. The van der Waals surface area contributed by atoms with E-state index < -0.39 is 5.82 Å². The van der Waals surface area contributed by atoms with Crippen molar-refractivity contribution in [3.05, 3.63) is 45.3 Å². The van der Waals surface area contributed by atoms with E-state index in [9.17, 15) is 9.65 Å². The second kappa shape index (κ2) is 5.33. The van der Waals surface area contributed by atoms with Crippen LogP contribution in [0.1, 0.15) is 16.8 Å². The maximum atomic E-state index is 13.7. The Labute approximate surface area is 118 Å². The van der Waals surface area contributed by atoms with Crippen molar-refractivity contribution in [2.75, 3.05) is 5.32 Å². The Hall–Kier alpha value is -2.00. The molecule has 0 atom stereocenters. The van der Waals surface area contributed by atoms with Crippen molar-refractivity contribution >= 4 is 27.4 Å². The quantitative estimate of drug-likeness (QED) is 0.918. The molecule has 0 saturated heterocycles. The molecule has 0 aliphatic carbocycles. The Kier molecular flexibility index (Phi) is 3.76. The van der Waals surface area contributed by atoms with Gasteiger partial charge in [-0.1, -0.05) is 6.07 Å². The predicted octanol–water partition coefficient (Wildman–Crippen LogP) is 3.61. The number of nitrogens with one attached hydrogen (secondary N) is 1. The lowest BCUT2D eigenvalue weighted by atomic mass is 10.1. The summed E-state index contributed by atoms with van der Waals surface area (Å²) in [5, 5.41) is 19.8. The Bertz CT molecular complexity index is 659. The number of benzene rings is 1. The molecule has 1 aromatic carbocycles. The zero-order valence-electron chi connectivity index (χ0n) is 10.3. The van der Waals surface area contributed by atoms with Crippen LogP contribution in [0.4, 0.5) is 15.9 Å². The number of anilines is 2. The second-order valence-electron chi connectivity index (χ2n) is 3.97. The van der Waals surface area contributed by atoms with Crippen molar-refractivity contribution in [2.24, 2.45) is 0 Å². The predicted molar refractivity (Wildman–Crippen MR) is 73.6 cm³/mol. The first-order chi connectivity index (χ1) is 9.04. The van der Waals surface area contributed by atoms with Crippen LogP contribution in [0.25, 0.3) is 0 Å². The zero-order valence-corrected chi connectivity index (χ0v) is 11.9. The molecule has 2 rings (SSSR count). The van der Waals surface area contributed by atoms with Crippen LogP contribution in [-0.4, -0.2) is 10.2 Å². The van der Waals surface area contributed by atoms with Gasteiger partial charge in [-0.25, -0.2) is 4.39 Å². The Morgan fingerprint density at radius 2 is 2.05 bits per heavy atom. The highest BCUT2D eigenvalue weighted by atomic mass is 79.9. The van der Waals surface area contributed by atoms with Gasteiger partial charge in [0.25, 0.3) is 0 Å². The number of aryl methyl sites for hydroxylation is 1. The average molecular weight is 321 g/mol. The SMILES string of the molecule is Cc1nnc(Nc2c(F)cccc2Br)c(C#N)c1C. The lowest BCUT2D eigenvalue weighted by molar-refractivity contribution is 0.631. The van der Waals surface area contributed by atoms with Gasteiger partial charge in [0.15, 0.2) is 5.82 Å². The second-order valence-corrected chi connectivity index (χ2v) is 4.82. The Morgan fingerprint density at radius 3 is 2.68 bits per heavy atom. The summed E-state index contributed by atoms with van der Waals surface area (Å²) < 4.78 is 14.3. The highest BCUT2D eigenvalue weighted by Gasteiger charge is 2.14. The molecule has 0 fully saturated rings. The molecule has 4 nitrogen and oxygen atoms in total. The normalized spacial score (nSPS) is 10.1. The lowest BCUT2D eigenvalue weighted by Gasteiger charge is -2.11. The van der Waals surface area contributed by atoms with Gasteiger partial charge in [0.05, 0.1) is 11.4 Å². The van der Waals surface area contributed by atoms with Gasteiger partial charge in [0.1, 0.15) is 17.4 Å². The summed E-state index contributed by atoms with van der Waals surface area (Å²) in [6.45, 7) is 3.55. The highest BCUT2D eigenvalue weighted by molar-refractivity contribution is 9.10. The molecule has 96 valence electrons. The zero-order chi connectivity index (χ0) is 14.0. The van der Waals surface area contributed by atoms with Gasteiger partial charge in [-0.15, -0.1) is 5.10 Å². The van der Waals surface area contributed by atoms with E-state index >= 15 is 0 Å². The molecule has 1 heterocycles. The van der Waals surface area contributed by atoms with Crippen LogP contribution in [0.5, 0.6) is 0 Å². The minimum atomic E-state index is -0.432. The molecule has 0 amide bonds. The molecule has 0 radical (unpaired) electrons. The number of para-hydroxylation sites is 1. The smallest absolute Gasteiger partial charge is 0.171 e. The van der Waals surface area contributed by atoms with Gasteiger partial charge in [-0.2, -0.15) is 10.4 Å². The number of nitriles is 1. The van der Waals surface area contributed by atoms with Gasteiger partial charge in [-0.05, 0) is 47.5 Å². The summed E-state index contributed by atoms with van der Waals surface area (Å²) in [6, 6.07) is 6.67. The van der Waals surface area contributed by atoms with Gasteiger partial charge in [0, 0.05) is 4.47 Å². The molecule has 19 heavy (non-hydrogen) atoms. The van der Waals surface area contributed by atoms with E-state index in [1.807, 2.05) is 0 Å². The molecule has 0 aliphatic heterocycles. The molecule has 0 unspecified atom stereocenters. The monoisotopic (exact) mass is 320 g/mol. The summed E-state index contributed by atoms with van der Waals surface area (Å²) in [7, 11) is 0. The number of nitrogens with zero attached hydrogens (tertiary/aromatic N) is 3.